The van der Waals surface area contributed by atoms with Gasteiger partial charge in [0.2, 0.25) is 0 Å². The van der Waals surface area contributed by atoms with Crippen molar-refractivity contribution in [2.75, 3.05) is 32.9 Å². The zero-order chi connectivity index (χ0) is 19.2. The van der Waals surface area contributed by atoms with E-state index < -0.39 is 0 Å². The number of nitrogens with two attached hydrogens (primary N) is 1. The van der Waals surface area contributed by atoms with Gasteiger partial charge in [-0.2, -0.15) is 0 Å². The van der Waals surface area contributed by atoms with E-state index in [-0.39, 0.29) is 11.8 Å². The topological polar surface area (TPSA) is 66.6 Å². The zero-order valence-electron chi connectivity index (χ0n) is 15.9. The number of carbonyl (C=O) groups excluding carboxylic acids is 2. The second-order valence-electron chi connectivity index (χ2n) is 8.00. The third-order valence-electron chi connectivity index (χ3n) is 5.69. The number of rotatable bonds is 6. The smallest absolute Gasteiger partial charge is 0.263 e. The van der Waals surface area contributed by atoms with Crippen LogP contribution in [0.25, 0.3) is 0 Å². The third-order valence-corrected chi connectivity index (χ3v) is 5.69. The Labute approximate surface area is 159 Å². The average molecular weight is 363 g/mol. The summed E-state index contributed by atoms with van der Waals surface area (Å²) >= 11 is 0. The van der Waals surface area contributed by atoms with Gasteiger partial charge in [-0.05, 0) is 56.6 Å². The highest BCUT2D eigenvalue weighted by molar-refractivity contribution is 6.23. The van der Waals surface area contributed by atoms with Gasteiger partial charge >= 0.3 is 0 Å². The first-order chi connectivity index (χ1) is 12.9. The maximum absolute atomic E-state index is 12.6. The van der Waals surface area contributed by atoms with E-state index >= 15 is 0 Å². The monoisotopic (exact) mass is 363 g/mol. The first-order valence-corrected chi connectivity index (χ1v) is 9.40. The number of hydrogen-bond acceptors (Lipinski definition) is 4. The van der Waals surface area contributed by atoms with Crippen molar-refractivity contribution in [1.29, 1.82) is 0 Å². The number of likely N-dealkylation sites (N-methyl/N-ethyl adjacent to an activating group) is 1. The molecule has 0 aromatic heterocycles. The summed E-state index contributed by atoms with van der Waals surface area (Å²) in [5, 5.41) is 0. The summed E-state index contributed by atoms with van der Waals surface area (Å²) in [5.41, 5.74) is 9.83. The number of carbonyl (C=O) groups is 2. The molecule has 5 heteroatoms. The molecule has 27 heavy (non-hydrogen) atoms. The number of hydrogen-bond donors (Lipinski definition) is 1. The largest absolute Gasteiger partial charge is 0.398 e. The fourth-order valence-corrected chi connectivity index (χ4v) is 4.12. The molecule has 0 spiro atoms. The molecule has 0 unspecified atom stereocenters. The molecule has 0 radical (unpaired) electrons. The molecular weight excluding hydrogens is 338 g/mol. The first kappa shape index (κ1) is 17.7. The Morgan fingerprint density at radius 2 is 1.74 bits per heavy atom. The van der Waals surface area contributed by atoms with E-state index in [1.807, 2.05) is 0 Å². The van der Waals surface area contributed by atoms with Gasteiger partial charge in [0.25, 0.3) is 11.8 Å². The van der Waals surface area contributed by atoms with Crippen molar-refractivity contribution in [2.45, 2.75) is 24.7 Å². The fraction of sp³-hybridized carbons (Fsp3) is 0.364. The fourth-order valence-electron chi connectivity index (χ4n) is 4.12. The van der Waals surface area contributed by atoms with Crippen molar-refractivity contribution in [1.82, 2.24) is 9.80 Å². The van der Waals surface area contributed by atoms with E-state index in [1.54, 1.807) is 18.2 Å². The lowest BCUT2D eigenvalue weighted by atomic mass is 9.94. The molecule has 2 aliphatic rings. The van der Waals surface area contributed by atoms with E-state index in [0.717, 1.165) is 12.1 Å². The number of nitrogen functional groups attached to an aromatic ring is 1. The summed E-state index contributed by atoms with van der Waals surface area (Å²) < 4.78 is 0. The van der Waals surface area contributed by atoms with Crippen LogP contribution in [-0.4, -0.2) is 48.8 Å². The van der Waals surface area contributed by atoms with Crippen LogP contribution < -0.4 is 5.73 Å². The predicted octanol–water partition coefficient (Wildman–Crippen LogP) is 2.70. The molecule has 2 N–H and O–H groups in total. The molecule has 2 aromatic rings. The van der Waals surface area contributed by atoms with Crippen LogP contribution in [0.3, 0.4) is 0 Å². The molecule has 4 rings (SSSR count). The minimum atomic E-state index is -0.285. The molecule has 0 bridgehead atoms. The molecule has 1 fully saturated rings. The molecule has 1 aliphatic heterocycles. The van der Waals surface area contributed by atoms with E-state index in [2.05, 4.69) is 43.3 Å². The van der Waals surface area contributed by atoms with E-state index in [4.69, 9.17) is 5.73 Å². The second-order valence-corrected chi connectivity index (χ2v) is 8.00. The first-order valence-electron chi connectivity index (χ1n) is 9.40. The Kier molecular flexibility index (Phi) is 4.27. The maximum Gasteiger partial charge on any atom is 0.263 e. The highest BCUT2D eigenvalue weighted by Crippen LogP contribution is 2.48. The summed E-state index contributed by atoms with van der Waals surface area (Å²) in [5.74, 6) is -0.533. The number of amides is 2. The van der Waals surface area contributed by atoms with Crippen LogP contribution >= 0.6 is 0 Å². The van der Waals surface area contributed by atoms with Crippen LogP contribution in [0.4, 0.5) is 5.69 Å². The van der Waals surface area contributed by atoms with Crippen LogP contribution in [0.1, 0.15) is 44.7 Å². The number of nitrogens with zero attached hydrogens (tertiary/aromatic N) is 2. The maximum atomic E-state index is 12.6. The van der Waals surface area contributed by atoms with Gasteiger partial charge in [-0.15, -0.1) is 0 Å². The van der Waals surface area contributed by atoms with Gasteiger partial charge in [0.1, 0.15) is 0 Å². The van der Waals surface area contributed by atoms with Crippen LogP contribution in [0, 0.1) is 0 Å². The number of anilines is 1. The minimum absolute atomic E-state index is 0.248. The standard InChI is InChI=1S/C22H25N3O2/c1-24(2)14-22(11-12-22)16-8-6-15(7-9-16)10-13-25-20(26)17-4-3-5-18(23)19(17)21(25)27/h3-9H,10-14,23H2,1-2H3. The number of benzene rings is 2. The zero-order valence-corrected chi connectivity index (χ0v) is 15.9. The highest BCUT2D eigenvalue weighted by Gasteiger charge is 2.44. The SMILES string of the molecule is CN(C)CC1(c2ccc(CCN3C(=O)c4cccc(N)c4C3=O)cc2)CC1. The molecule has 0 atom stereocenters. The molecule has 1 aliphatic carbocycles. The van der Waals surface area contributed by atoms with Crippen molar-refractivity contribution in [3.8, 4) is 0 Å². The van der Waals surface area contributed by atoms with Crippen LogP contribution in [-0.2, 0) is 11.8 Å². The second kappa shape index (κ2) is 6.50. The molecular formula is C22H25N3O2. The van der Waals surface area contributed by atoms with Crippen LogP contribution in [0.2, 0.25) is 0 Å². The van der Waals surface area contributed by atoms with Crippen molar-refractivity contribution < 1.29 is 9.59 Å². The predicted molar refractivity (Wildman–Crippen MR) is 106 cm³/mol. The molecule has 2 aromatic carbocycles. The van der Waals surface area contributed by atoms with Gasteiger partial charge in [-0.1, -0.05) is 30.3 Å². The van der Waals surface area contributed by atoms with Gasteiger partial charge in [-0.25, -0.2) is 0 Å². The molecule has 0 saturated heterocycles. The Morgan fingerprint density at radius 3 is 2.33 bits per heavy atom. The highest BCUT2D eigenvalue weighted by atomic mass is 16.2. The minimum Gasteiger partial charge on any atom is -0.398 e. The van der Waals surface area contributed by atoms with Crippen molar-refractivity contribution in [3.05, 3.63) is 64.7 Å². The van der Waals surface area contributed by atoms with Crippen molar-refractivity contribution >= 4 is 17.5 Å². The Hall–Kier alpha value is -2.66. The van der Waals surface area contributed by atoms with Gasteiger partial charge in [0, 0.05) is 24.2 Å². The molecule has 140 valence electrons. The summed E-state index contributed by atoms with van der Waals surface area (Å²) in [6.07, 6.45) is 3.12. The van der Waals surface area contributed by atoms with E-state index in [1.165, 1.54) is 23.3 Å². The van der Waals surface area contributed by atoms with Crippen LogP contribution in [0.5, 0.6) is 0 Å². The Bertz CT molecular complexity index is 898. The Balaban J connectivity index is 1.44. The summed E-state index contributed by atoms with van der Waals surface area (Å²) in [7, 11) is 4.23. The average Bonchev–Trinajstić information content (AvgIpc) is 3.36. The summed E-state index contributed by atoms with van der Waals surface area (Å²) in [6, 6.07) is 13.7. The van der Waals surface area contributed by atoms with Gasteiger partial charge in [0.05, 0.1) is 11.1 Å². The van der Waals surface area contributed by atoms with E-state index in [9.17, 15) is 9.59 Å². The van der Waals surface area contributed by atoms with Crippen molar-refractivity contribution in [3.63, 3.8) is 0 Å². The summed E-state index contributed by atoms with van der Waals surface area (Å²) in [6.45, 7) is 1.44. The number of imide groups is 1. The normalized spacial score (nSPS) is 17.5. The third kappa shape index (κ3) is 3.12. The Morgan fingerprint density at radius 1 is 1.04 bits per heavy atom. The lowest BCUT2D eigenvalue weighted by Gasteiger charge is -2.21. The molecule has 1 heterocycles. The van der Waals surface area contributed by atoms with Crippen LogP contribution in [0.15, 0.2) is 42.5 Å². The summed E-state index contributed by atoms with van der Waals surface area (Å²) in [4.78, 5) is 28.6. The van der Waals surface area contributed by atoms with Gasteiger partial charge in [0.15, 0.2) is 0 Å². The van der Waals surface area contributed by atoms with Crippen molar-refractivity contribution in [2.24, 2.45) is 0 Å². The number of fused-ring (bicyclic) bond motifs is 1. The van der Waals surface area contributed by atoms with E-state index in [0.29, 0.717) is 35.2 Å². The quantitative estimate of drug-likeness (QED) is 0.633. The lowest BCUT2D eigenvalue weighted by molar-refractivity contribution is 0.0656. The van der Waals surface area contributed by atoms with Gasteiger partial charge in [-0.3, -0.25) is 14.5 Å². The molecule has 2 amide bonds. The molecule has 1 saturated carbocycles. The lowest BCUT2D eigenvalue weighted by Crippen LogP contribution is -2.31. The van der Waals surface area contributed by atoms with Gasteiger partial charge < -0.3 is 10.6 Å². The molecule has 5 nitrogen and oxygen atoms in total.